The molecule has 6 nitrogen and oxygen atoms in total. The van der Waals surface area contributed by atoms with Gasteiger partial charge < -0.3 is 14.2 Å². The first-order valence-corrected chi connectivity index (χ1v) is 28.7. The third-order valence-electron chi connectivity index (χ3n) is 12.1. The van der Waals surface area contributed by atoms with Crippen LogP contribution in [-0.4, -0.2) is 37.2 Å². The molecule has 1 atom stereocenters. The Morgan fingerprint density at radius 2 is 0.594 bits per heavy atom. The molecule has 0 heterocycles. The SMILES string of the molecule is CC/C=C/C/C=C/C/C=C/C/C=C/C/C=C/CCCCCC(=O)OCC(COC(=O)CC/C=C/C/C=C/CCCCCCCC)OC(=O)CCCCCCCCC/C=C/CCCCCCCCCC. The number of unbranched alkanes of at least 4 members (excludes halogenated alkanes) is 24. The Morgan fingerprint density at radius 3 is 1.00 bits per heavy atom. The fourth-order valence-electron chi connectivity index (χ4n) is 7.75. The van der Waals surface area contributed by atoms with Crippen molar-refractivity contribution in [2.24, 2.45) is 0 Å². The number of hydrogen-bond acceptors (Lipinski definition) is 6. The Balaban J connectivity index is 4.48. The Bertz CT molecular complexity index is 1380. The molecule has 0 spiro atoms. The number of carbonyl (C=O) groups excluding carboxylic acids is 3. The molecule has 0 fully saturated rings. The number of allylic oxidation sites excluding steroid dienone is 16. The van der Waals surface area contributed by atoms with Crippen molar-refractivity contribution in [2.45, 2.75) is 271 Å². The number of esters is 3. The van der Waals surface area contributed by atoms with Gasteiger partial charge in [-0.25, -0.2) is 0 Å². The van der Waals surface area contributed by atoms with Crippen LogP contribution in [0.4, 0.5) is 0 Å². The van der Waals surface area contributed by atoms with E-state index in [4.69, 9.17) is 14.2 Å². The van der Waals surface area contributed by atoms with E-state index in [9.17, 15) is 14.4 Å². The molecule has 0 rings (SSSR count). The maximum atomic E-state index is 12.9. The van der Waals surface area contributed by atoms with E-state index in [2.05, 4.69) is 112 Å². The first kappa shape index (κ1) is 65.3. The highest BCUT2D eigenvalue weighted by Crippen LogP contribution is 2.14. The first-order chi connectivity index (χ1) is 34.0. The highest BCUT2D eigenvalue weighted by atomic mass is 16.6. The minimum Gasteiger partial charge on any atom is -0.462 e. The van der Waals surface area contributed by atoms with Crippen LogP contribution < -0.4 is 0 Å². The fourth-order valence-corrected chi connectivity index (χ4v) is 7.75. The van der Waals surface area contributed by atoms with Crippen molar-refractivity contribution < 1.29 is 28.6 Å². The van der Waals surface area contributed by atoms with Crippen LogP contribution in [-0.2, 0) is 28.6 Å². The maximum absolute atomic E-state index is 12.9. The van der Waals surface area contributed by atoms with Gasteiger partial charge in [0.25, 0.3) is 0 Å². The molecule has 0 aromatic carbocycles. The summed E-state index contributed by atoms with van der Waals surface area (Å²) in [5.41, 5.74) is 0. The third kappa shape index (κ3) is 55.1. The predicted octanol–water partition coefficient (Wildman–Crippen LogP) is 19.3. The zero-order valence-electron chi connectivity index (χ0n) is 45.0. The second-order valence-electron chi connectivity index (χ2n) is 18.8. The van der Waals surface area contributed by atoms with Gasteiger partial charge in [0.2, 0.25) is 0 Å². The van der Waals surface area contributed by atoms with Crippen LogP contribution in [0.5, 0.6) is 0 Å². The summed E-state index contributed by atoms with van der Waals surface area (Å²) in [6.45, 7) is 6.44. The standard InChI is InChI=1S/C63H106O6/c1-4-7-10-13-16-19-22-25-27-29-31-33-35-38-41-44-47-50-53-56-62(65)68-59-60(58-67-61(64)55-52-49-46-43-40-37-24-21-18-15-12-9-6-3)69-63(66)57-54-51-48-45-42-39-36-34-32-30-28-26-23-20-17-14-11-8-5-2/h7,10,16,19,25,27,30-33,37-38,40-41,46,49,60H,4-6,8-9,11-15,17-18,20-24,26,28-29,34-36,39,42-45,47-48,50-59H2,1-3H3/b10-7+,19-16+,27-25+,32-30+,33-31+,40-37+,41-38+,49-46+. The van der Waals surface area contributed by atoms with E-state index in [-0.39, 0.29) is 37.5 Å². The lowest BCUT2D eigenvalue weighted by Gasteiger charge is -2.18. The van der Waals surface area contributed by atoms with Gasteiger partial charge in [-0.05, 0) is 109 Å². The van der Waals surface area contributed by atoms with E-state index in [1.54, 1.807) is 0 Å². The molecule has 0 aliphatic rings. The molecule has 6 heteroatoms. The van der Waals surface area contributed by atoms with Crippen molar-refractivity contribution >= 4 is 17.9 Å². The van der Waals surface area contributed by atoms with Gasteiger partial charge in [-0.3, -0.25) is 14.4 Å². The van der Waals surface area contributed by atoms with Crippen LogP contribution >= 0.6 is 0 Å². The fraction of sp³-hybridized carbons (Fsp3) is 0.698. The van der Waals surface area contributed by atoms with Crippen molar-refractivity contribution in [1.82, 2.24) is 0 Å². The minimum atomic E-state index is -0.817. The molecule has 0 saturated carbocycles. The van der Waals surface area contributed by atoms with Gasteiger partial charge >= 0.3 is 17.9 Å². The molecule has 0 aliphatic carbocycles. The second-order valence-corrected chi connectivity index (χ2v) is 18.8. The molecule has 0 N–H and O–H groups in total. The zero-order chi connectivity index (χ0) is 50.0. The van der Waals surface area contributed by atoms with Crippen molar-refractivity contribution in [3.63, 3.8) is 0 Å². The summed E-state index contributed by atoms with van der Waals surface area (Å²) < 4.78 is 16.8. The molecule has 394 valence electrons. The second kappa shape index (κ2) is 56.9. The molecule has 0 saturated heterocycles. The summed E-state index contributed by atoms with van der Waals surface area (Å²) in [6, 6.07) is 0. The molecular formula is C63H106O6. The average Bonchev–Trinajstić information content (AvgIpc) is 3.35. The smallest absolute Gasteiger partial charge is 0.306 e. The van der Waals surface area contributed by atoms with Crippen molar-refractivity contribution in [3.8, 4) is 0 Å². The number of rotatable bonds is 51. The van der Waals surface area contributed by atoms with Gasteiger partial charge in [-0.1, -0.05) is 234 Å². The van der Waals surface area contributed by atoms with Gasteiger partial charge in [-0.2, -0.15) is 0 Å². The monoisotopic (exact) mass is 959 g/mol. The van der Waals surface area contributed by atoms with Crippen LogP contribution in [0.2, 0.25) is 0 Å². The largest absolute Gasteiger partial charge is 0.462 e. The van der Waals surface area contributed by atoms with Gasteiger partial charge in [0.1, 0.15) is 13.2 Å². The van der Waals surface area contributed by atoms with Crippen LogP contribution in [0.25, 0.3) is 0 Å². The summed E-state index contributed by atoms with van der Waals surface area (Å²) in [7, 11) is 0. The summed E-state index contributed by atoms with van der Waals surface area (Å²) in [5, 5.41) is 0. The molecule has 0 aromatic rings. The van der Waals surface area contributed by atoms with Crippen LogP contribution in [0, 0.1) is 0 Å². The summed E-state index contributed by atoms with van der Waals surface area (Å²) >= 11 is 0. The van der Waals surface area contributed by atoms with Crippen molar-refractivity contribution in [3.05, 3.63) is 97.2 Å². The van der Waals surface area contributed by atoms with Crippen molar-refractivity contribution in [1.29, 1.82) is 0 Å². The topological polar surface area (TPSA) is 78.9 Å². The lowest BCUT2D eigenvalue weighted by atomic mass is 10.1. The molecule has 1 unspecified atom stereocenters. The molecule has 69 heavy (non-hydrogen) atoms. The van der Waals surface area contributed by atoms with Crippen LogP contribution in [0.15, 0.2) is 97.2 Å². The highest BCUT2D eigenvalue weighted by molar-refractivity contribution is 5.71. The van der Waals surface area contributed by atoms with E-state index in [0.29, 0.717) is 19.3 Å². The number of carbonyl (C=O) groups is 3. The number of hydrogen-bond donors (Lipinski definition) is 0. The molecule has 0 aliphatic heterocycles. The normalized spacial score (nSPS) is 12.8. The van der Waals surface area contributed by atoms with E-state index < -0.39 is 6.10 Å². The minimum absolute atomic E-state index is 0.114. The lowest BCUT2D eigenvalue weighted by Crippen LogP contribution is -2.30. The van der Waals surface area contributed by atoms with Gasteiger partial charge in [0, 0.05) is 19.3 Å². The summed E-state index contributed by atoms with van der Waals surface area (Å²) in [5.74, 6) is -1.01. The predicted molar refractivity (Wildman–Crippen MR) is 297 cm³/mol. The average molecular weight is 960 g/mol. The molecular weight excluding hydrogens is 853 g/mol. The van der Waals surface area contributed by atoms with Crippen LogP contribution in [0.1, 0.15) is 265 Å². The Morgan fingerprint density at radius 1 is 0.304 bits per heavy atom. The lowest BCUT2D eigenvalue weighted by molar-refractivity contribution is -0.166. The summed E-state index contributed by atoms with van der Waals surface area (Å²) in [4.78, 5) is 38.1. The van der Waals surface area contributed by atoms with Gasteiger partial charge in [0.15, 0.2) is 6.10 Å². The third-order valence-corrected chi connectivity index (χ3v) is 12.1. The van der Waals surface area contributed by atoms with Crippen LogP contribution in [0.3, 0.4) is 0 Å². The van der Waals surface area contributed by atoms with E-state index in [0.717, 1.165) is 89.9 Å². The number of ether oxygens (including phenoxy) is 3. The first-order valence-electron chi connectivity index (χ1n) is 28.7. The van der Waals surface area contributed by atoms with Crippen molar-refractivity contribution in [2.75, 3.05) is 13.2 Å². The molecule has 0 radical (unpaired) electrons. The molecule has 0 aromatic heterocycles. The molecule has 0 amide bonds. The van der Waals surface area contributed by atoms with Gasteiger partial charge in [-0.15, -0.1) is 0 Å². The zero-order valence-corrected chi connectivity index (χ0v) is 45.0. The highest BCUT2D eigenvalue weighted by Gasteiger charge is 2.19. The quantitative estimate of drug-likeness (QED) is 0.0262. The van der Waals surface area contributed by atoms with Gasteiger partial charge in [0.05, 0.1) is 0 Å². The van der Waals surface area contributed by atoms with E-state index in [1.807, 2.05) is 6.08 Å². The Kier molecular flexibility index (Phi) is 53.9. The maximum Gasteiger partial charge on any atom is 0.306 e. The van der Waals surface area contributed by atoms with E-state index in [1.165, 1.54) is 128 Å². The van der Waals surface area contributed by atoms with E-state index >= 15 is 0 Å². The summed E-state index contributed by atoms with van der Waals surface area (Å²) in [6.07, 6.45) is 75.5. The Labute approximate surface area is 426 Å². The Hall–Kier alpha value is -3.67. The molecule has 0 bridgehead atoms.